The lowest BCUT2D eigenvalue weighted by Gasteiger charge is -2.36. The molecule has 1 heterocycles. The second kappa shape index (κ2) is 2.71. The standard InChI is InChI=1S/C8H14N2O2/c11-7-6-10(12)8(9-7)4-2-1-3-5-8/h12H,1-6H2,(H,9,11). The Morgan fingerprint density at radius 1 is 1.33 bits per heavy atom. The monoisotopic (exact) mass is 170 g/mol. The second-order valence-corrected chi connectivity index (χ2v) is 3.70. The third kappa shape index (κ3) is 1.11. The Kier molecular flexibility index (Phi) is 1.81. The predicted molar refractivity (Wildman–Crippen MR) is 42.5 cm³/mol. The van der Waals surface area contributed by atoms with Crippen molar-refractivity contribution < 1.29 is 10.0 Å². The summed E-state index contributed by atoms with van der Waals surface area (Å²) in [5, 5.41) is 13.6. The average Bonchev–Trinajstić information content (AvgIpc) is 2.29. The molecule has 0 aromatic carbocycles. The van der Waals surface area contributed by atoms with E-state index in [2.05, 4.69) is 5.32 Å². The Morgan fingerprint density at radius 3 is 2.50 bits per heavy atom. The molecule has 1 saturated carbocycles. The number of rotatable bonds is 0. The maximum absolute atomic E-state index is 11.0. The van der Waals surface area contributed by atoms with E-state index in [9.17, 15) is 10.0 Å². The normalized spacial score (nSPS) is 29.2. The van der Waals surface area contributed by atoms with E-state index in [0.29, 0.717) is 0 Å². The summed E-state index contributed by atoms with van der Waals surface area (Å²) in [6.45, 7) is 0.139. The summed E-state index contributed by atoms with van der Waals surface area (Å²) in [7, 11) is 0. The molecule has 0 unspecified atom stereocenters. The van der Waals surface area contributed by atoms with Crippen molar-refractivity contribution in [1.29, 1.82) is 0 Å². The van der Waals surface area contributed by atoms with Crippen LogP contribution in [0.25, 0.3) is 0 Å². The molecule has 2 N–H and O–H groups in total. The van der Waals surface area contributed by atoms with E-state index in [-0.39, 0.29) is 12.5 Å². The Morgan fingerprint density at radius 2 is 2.00 bits per heavy atom. The highest BCUT2D eigenvalue weighted by atomic mass is 16.5. The molecule has 1 spiro atoms. The molecule has 2 aliphatic rings. The molecule has 0 radical (unpaired) electrons. The van der Waals surface area contributed by atoms with Gasteiger partial charge in [0.25, 0.3) is 0 Å². The summed E-state index contributed by atoms with van der Waals surface area (Å²) < 4.78 is 0. The number of hydrogen-bond acceptors (Lipinski definition) is 3. The van der Waals surface area contributed by atoms with E-state index in [0.717, 1.165) is 25.7 Å². The Balaban J connectivity index is 2.13. The van der Waals surface area contributed by atoms with E-state index in [1.165, 1.54) is 11.5 Å². The zero-order chi connectivity index (χ0) is 8.60. The molecule has 2 rings (SSSR count). The zero-order valence-corrected chi connectivity index (χ0v) is 7.05. The fourth-order valence-electron chi connectivity index (χ4n) is 2.17. The van der Waals surface area contributed by atoms with Crippen LogP contribution in [0.5, 0.6) is 0 Å². The van der Waals surface area contributed by atoms with Gasteiger partial charge in [-0.3, -0.25) is 4.79 Å². The molecule has 0 aromatic heterocycles. The van der Waals surface area contributed by atoms with Gasteiger partial charge in [0.2, 0.25) is 5.91 Å². The smallest absolute Gasteiger partial charge is 0.238 e. The molecule has 1 amide bonds. The summed E-state index contributed by atoms with van der Waals surface area (Å²) in [4.78, 5) is 11.0. The molecule has 0 aromatic rings. The zero-order valence-electron chi connectivity index (χ0n) is 7.05. The Bertz CT molecular complexity index is 199. The summed E-state index contributed by atoms with van der Waals surface area (Å²) in [5.74, 6) is -0.0561. The largest absolute Gasteiger partial charge is 0.335 e. The first-order chi connectivity index (χ1) is 5.73. The third-order valence-corrected chi connectivity index (χ3v) is 2.84. The summed E-state index contributed by atoms with van der Waals surface area (Å²) in [5.41, 5.74) is -0.407. The third-order valence-electron chi connectivity index (χ3n) is 2.84. The van der Waals surface area contributed by atoms with E-state index in [1.54, 1.807) is 0 Å². The second-order valence-electron chi connectivity index (χ2n) is 3.70. The lowest BCUT2D eigenvalue weighted by molar-refractivity contribution is -0.165. The first-order valence-corrected chi connectivity index (χ1v) is 4.50. The van der Waals surface area contributed by atoms with Gasteiger partial charge in [-0.25, -0.2) is 0 Å². The van der Waals surface area contributed by atoms with Crippen molar-refractivity contribution in [2.24, 2.45) is 0 Å². The summed E-state index contributed by atoms with van der Waals surface area (Å²) >= 11 is 0. The van der Waals surface area contributed by atoms with Crippen LogP contribution in [0.3, 0.4) is 0 Å². The van der Waals surface area contributed by atoms with Crippen LogP contribution in [0.2, 0.25) is 0 Å². The van der Waals surface area contributed by atoms with Crippen molar-refractivity contribution >= 4 is 5.91 Å². The molecular weight excluding hydrogens is 156 g/mol. The summed E-state index contributed by atoms with van der Waals surface area (Å²) in [6.07, 6.45) is 5.17. The number of nitrogens with one attached hydrogen (secondary N) is 1. The van der Waals surface area contributed by atoms with Crippen molar-refractivity contribution in [2.75, 3.05) is 6.54 Å². The fourth-order valence-corrected chi connectivity index (χ4v) is 2.17. The number of amides is 1. The summed E-state index contributed by atoms with van der Waals surface area (Å²) in [6, 6.07) is 0. The van der Waals surface area contributed by atoms with E-state index < -0.39 is 5.66 Å². The van der Waals surface area contributed by atoms with Gasteiger partial charge in [0.15, 0.2) is 0 Å². The highest BCUT2D eigenvalue weighted by molar-refractivity contribution is 5.81. The lowest BCUT2D eigenvalue weighted by atomic mass is 9.89. The van der Waals surface area contributed by atoms with Crippen LogP contribution in [0.15, 0.2) is 0 Å². The van der Waals surface area contributed by atoms with Crippen LogP contribution in [0, 0.1) is 0 Å². The van der Waals surface area contributed by atoms with Crippen molar-refractivity contribution in [1.82, 2.24) is 10.4 Å². The van der Waals surface area contributed by atoms with Crippen molar-refractivity contribution in [3.8, 4) is 0 Å². The Labute approximate surface area is 71.5 Å². The highest BCUT2D eigenvalue weighted by Gasteiger charge is 2.44. The van der Waals surface area contributed by atoms with Crippen LogP contribution < -0.4 is 5.32 Å². The van der Waals surface area contributed by atoms with Crippen LogP contribution in [-0.4, -0.2) is 28.4 Å². The van der Waals surface area contributed by atoms with E-state index in [4.69, 9.17) is 0 Å². The molecular formula is C8H14N2O2. The molecule has 2 fully saturated rings. The van der Waals surface area contributed by atoms with E-state index >= 15 is 0 Å². The van der Waals surface area contributed by atoms with Gasteiger partial charge in [0.1, 0.15) is 12.2 Å². The molecule has 12 heavy (non-hydrogen) atoms. The maximum Gasteiger partial charge on any atom is 0.238 e. The topological polar surface area (TPSA) is 52.6 Å². The quantitative estimate of drug-likeness (QED) is 0.555. The molecule has 68 valence electrons. The molecule has 4 nitrogen and oxygen atoms in total. The first-order valence-electron chi connectivity index (χ1n) is 4.50. The van der Waals surface area contributed by atoms with Crippen molar-refractivity contribution in [3.05, 3.63) is 0 Å². The van der Waals surface area contributed by atoms with Gasteiger partial charge in [0.05, 0.1) is 0 Å². The molecule has 1 aliphatic carbocycles. The number of nitrogens with zero attached hydrogens (tertiary/aromatic N) is 1. The van der Waals surface area contributed by atoms with Crippen LogP contribution in [-0.2, 0) is 4.79 Å². The minimum atomic E-state index is -0.407. The fraction of sp³-hybridized carbons (Fsp3) is 0.875. The first kappa shape index (κ1) is 8.01. The maximum atomic E-state index is 11.0. The lowest BCUT2D eigenvalue weighted by Crippen LogP contribution is -2.51. The predicted octanol–water partition coefficient (Wildman–Crippen LogP) is 0.468. The van der Waals surface area contributed by atoms with Crippen molar-refractivity contribution in [3.63, 3.8) is 0 Å². The number of hydroxylamine groups is 2. The Hall–Kier alpha value is -0.610. The molecule has 1 saturated heterocycles. The van der Waals surface area contributed by atoms with Gasteiger partial charge in [-0.15, -0.1) is 0 Å². The van der Waals surface area contributed by atoms with Crippen LogP contribution >= 0.6 is 0 Å². The SMILES string of the molecule is O=C1CN(O)C2(CCCCC2)N1. The van der Waals surface area contributed by atoms with Gasteiger partial charge in [0, 0.05) is 0 Å². The molecule has 0 atom stereocenters. The van der Waals surface area contributed by atoms with Crippen molar-refractivity contribution in [2.45, 2.75) is 37.8 Å². The number of carbonyl (C=O) groups excluding carboxylic acids is 1. The van der Waals surface area contributed by atoms with Gasteiger partial charge < -0.3 is 10.5 Å². The highest BCUT2D eigenvalue weighted by Crippen LogP contribution is 2.32. The molecule has 4 heteroatoms. The van der Waals surface area contributed by atoms with Gasteiger partial charge in [-0.2, -0.15) is 5.06 Å². The minimum absolute atomic E-state index is 0.0561. The molecule has 1 aliphatic heterocycles. The average molecular weight is 170 g/mol. The number of hydrogen-bond donors (Lipinski definition) is 2. The minimum Gasteiger partial charge on any atom is -0.335 e. The van der Waals surface area contributed by atoms with Crippen LogP contribution in [0.1, 0.15) is 32.1 Å². The van der Waals surface area contributed by atoms with Gasteiger partial charge in [-0.05, 0) is 25.7 Å². The molecule has 0 bridgehead atoms. The number of carbonyl (C=O) groups is 1. The van der Waals surface area contributed by atoms with Crippen LogP contribution in [0.4, 0.5) is 0 Å². The van der Waals surface area contributed by atoms with E-state index in [1.807, 2.05) is 0 Å². The van der Waals surface area contributed by atoms with Gasteiger partial charge in [-0.1, -0.05) is 6.42 Å². The van der Waals surface area contributed by atoms with Gasteiger partial charge >= 0.3 is 0 Å².